The summed E-state index contributed by atoms with van der Waals surface area (Å²) >= 11 is 5.80. The summed E-state index contributed by atoms with van der Waals surface area (Å²) < 4.78 is 52.7. The van der Waals surface area contributed by atoms with Crippen LogP contribution >= 0.6 is 11.6 Å². The van der Waals surface area contributed by atoms with E-state index < -0.39 is 18.0 Å². The van der Waals surface area contributed by atoms with Crippen LogP contribution in [0.25, 0.3) is 11.2 Å². The van der Waals surface area contributed by atoms with Crippen molar-refractivity contribution in [1.29, 1.82) is 0 Å². The molecule has 1 atom stereocenters. The van der Waals surface area contributed by atoms with Gasteiger partial charge >= 0.3 is 6.18 Å². The van der Waals surface area contributed by atoms with Crippen molar-refractivity contribution in [3.8, 4) is 0 Å². The molecule has 3 heterocycles. The molecule has 13 heteroatoms. The van der Waals surface area contributed by atoms with Crippen molar-refractivity contribution in [2.75, 3.05) is 30.3 Å². The van der Waals surface area contributed by atoms with Crippen LogP contribution in [0.5, 0.6) is 0 Å². The maximum absolute atomic E-state index is 13.4. The molecule has 0 spiro atoms. The number of aromatic amines is 1. The molecule has 33 heavy (non-hydrogen) atoms. The number of hydrogen-bond donors (Lipinski definition) is 4. The molecule has 1 saturated heterocycles. The van der Waals surface area contributed by atoms with Gasteiger partial charge in [0.15, 0.2) is 11.5 Å². The minimum absolute atomic E-state index is 0.0327. The molecule has 0 saturated carbocycles. The van der Waals surface area contributed by atoms with Crippen molar-refractivity contribution in [2.24, 2.45) is 5.16 Å². The topological polar surface area (TPSA) is 101 Å². The molecule has 0 aliphatic carbocycles. The number of likely N-dealkylation sites (tertiary alicyclic amines) is 1. The molecule has 4 rings (SSSR count). The Morgan fingerprint density at radius 2 is 2.15 bits per heavy atom. The zero-order valence-electron chi connectivity index (χ0n) is 17.1. The number of nitrogens with zero attached hydrogens (tertiary/aromatic N) is 4. The maximum Gasteiger partial charge on any atom is 0.404 e. The number of rotatable bonds is 6. The van der Waals surface area contributed by atoms with Crippen molar-refractivity contribution >= 4 is 40.2 Å². The number of fused-ring (bicyclic) bond motifs is 1. The molecule has 1 aliphatic rings. The zero-order chi connectivity index (χ0) is 23.6. The summed E-state index contributed by atoms with van der Waals surface area (Å²) in [6, 6.07) is 4.10. The molecule has 0 bridgehead atoms. The standard InChI is InChI=1S/C20H20ClF4N7O/c21-13-10-11(3-4-14(13)22)28-17(31-33)12-5-6-26-18-16(12)29-19(30-18)27-7-9-32-8-1-2-15(32)20(23,24)25/h3-6,10,15,33H,1-2,7-9H2,(H,28,31)(H2,26,27,29,30). The Kier molecular flexibility index (Phi) is 6.56. The second-order valence-corrected chi connectivity index (χ2v) is 7.91. The summed E-state index contributed by atoms with van der Waals surface area (Å²) in [7, 11) is 0. The second-order valence-electron chi connectivity index (χ2n) is 7.51. The number of H-pyrrole nitrogens is 1. The monoisotopic (exact) mass is 485 g/mol. The summed E-state index contributed by atoms with van der Waals surface area (Å²) in [5.74, 6) is -0.240. The third-order valence-corrected chi connectivity index (χ3v) is 5.65. The van der Waals surface area contributed by atoms with E-state index in [2.05, 4.69) is 30.7 Å². The van der Waals surface area contributed by atoms with Gasteiger partial charge in [-0.3, -0.25) is 4.90 Å². The summed E-state index contributed by atoms with van der Waals surface area (Å²) in [4.78, 5) is 12.9. The highest BCUT2D eigenvalue weighted by Crippen LogP contribution is 2.32. The molecule has 0 radical (unpaired) electrons. The second kappa shape index (κ2) is 9.40. The number of oxime groups is 1. The first-order chi connectivity index (χ1) is 15.8. The fraction of sp³-hybridized carbons (Fsp3) is 0.350. The number of halogens is 5. The Morgan fingerprint density at radius 1 is 1.33 bits per heavy atom. The van der Waals surface area contributed by atoms with Gasteiger partial charge in [-0.05, 0) is 43.7 Å². The van der Waals surface area contributed by atoms with Crippen LogP contribution in [0.1, 0.15) is 18.4 Å². The molecule has 176 valence electrons. The van der Waals surface area contributed by atoms with E-state index in [1.54, 1.807) is 6.07 Å². The molecular formula is C20H20ClF4N7O. The van der Waals surface area contributed by atoms with Crippen LogP contribution < -0.4 is 10.6 Å². The van der Waals surface area contributed by atoms with Crippen molar-refractivity contribution in [2.45, 2.75) is 25.1 Å². The van der Waals surface area contributed by atoms with Crippen LogP contribution in [0.3, 0.4) is 0 Å². The Labute approximate surface area is 190 Å². The lowest BCUT2D eigenvalue weighted by atomic mass is 10.2. The Morgan fingerprint density at radius 3 is 2.88 bits per heavy atom. The first-order valence-corrected chi connectivity index (χ1v) is 10.5. The van der Waals surface area contributed by atoms with Gasteiger partial charge in [-0.2, -0.15) is 18.2 Å². The van der Waals surface area contributed by atoms with Crippen LogP contribution in [-0.2, 0) is 0 Å². The summed E-state index contributed by atoms with van der Waals surface area (Å²) in [5.41, 5.74) is 1.55. The van der Waals surface area contributed by atoms with Crippen molar-refractivity contribution < 1.29 is 22.8 Å². The van der Waals surface area contributed by atoms with Gasteiger partial charge in [0.05, 0.1) is 10.5 Å². The largest absolute Gasteiger partial charge is 0.409 e. The van der Waals surface area contributed by atoms with Crippen LogP contribution in [0.15, 0.2) is 35.6 Å². The van der Waals surface area contributed by atoms with E-state index in [0.29, 0.717) is 41.3 Å². The van der Waals surface area contributed by atoms with Crippen molar-refractivity contribution in [3.63, 3.8) is 0 Å². The molecule has 0 amide bonds. The third kappa shape index (κ3) is 5.11. The zero-order valence-corrected chi connectivity index (χ0v) is 17.9. The molecule has 8 nitrogen and oxygen atoms in total. The lowest BCUT2D eigenvalue weighted by Crippen LogP contribution is -2.43. The predicted molar refractivity (Wildman–Crippen MR) is 116 cm³/mol. The predicted octanol–water partition coefficient (Wildman–Crippen LogP) is 4.44. The van der Waals surface area contributed by atoms with Gasteiger partial charge in [-0.25, -0.2) is 9.37 Å². The lowest BCUT2D eigenvalue weighted by molar-refractivity contribution is -0.175. The van der Waals surface area contributed by atoms with E-state index in [4.69, 9.17) is 11.6 Å². The lowest BCUT2D eigenvalue weighted by Gasteiger charge is -2.26. The minimum atomic E-state index is -4.24. The average molecular weight is 486 g/mol. The summed E-state index contributed by atoms with van der Waals surface area (Å²) in [6.07, 6.45) is -2.16. The first-order valence-electron chi connectivity index (χ1n) is 10.1. The highest BCUT2D eigenvalue weighted by atomic mass is 35.5. The number of amidine groups is 1. The number of imidazole rings is 1. The quantitative estimate of drug-likeness (QED) is 0.135. The summed E-state index contributed by atoms with van der Waals surface area (Å²) in [6.45, 7) is 0.847. The number of aromatic nitrogens is 3. The van der Waals surface area contributed by atoms with Crippen LogP contribution in [-0.4, -0.2) is 62.7 Å². The normalized spacial score (nSPS) is 17.6. The fourth-order valence-electron chi connectivity index (χ4n) is 3.83. The molecule has 3 aromatic rings. The van der Waals surface area contributed by atoms with Gasteiger partial charge in [0.1, 0.15) is 11.9 Å². The molecule has 1 fully saturated rings. The molecule has 1 aromatic carbocycles. The Balaban J connectivity index is 1.47. The fourth-order valence-corrected chi connectivity index (χ4v) is 4.01. The van der Waals surface area contributed by atoms with E-state index >= 15 is 0 Å². The maximum atomic E-state index is 13.4. The van der Waals surface area contributed by atoms with Crippen LogP contribution in [0.4, 0.5) is 29.2 Å². The SMILES string of the molecule is ON=C(Nc1ccc(F)c(Cl)c1)c1ccnc2nc(NCCN3CCCC3C(F)(F)F)[nH]c12. The number of anilines is 2. The van der Waals surface area contributed by atoms with Crippen LogP contribution in [0, 0.1) is 5.82 Å². The van der Waals surface area contributed by atoms with Gasteiger partial charge in [0.2, 0.25) is 5.95 Å². The van der Waals surface area contributed by atoms with E-state index in [-0.39, 0.29) is 30.4 Å². The molecule has 2 aromatic heterocycles. The van der Waals surface area contributed by atoms with Gasteiger partial charge in [-0.15, -0.1) is 0 Å². The smallest absolute Gasteiger partial charge is 0.404 e. The Bertz CT molecular complexity index is 1170. The van der Waals surface area contributed by atoms with Crippen molar-refractivity contribution in [1.82, 2.24) is 19.9 Å². The molecular weight excluding hydrogens is 466 g/mol. The van der Waals surface area contributed by atoms with Gasteiger partial charge in [0.25, 0.3) is 0 Å². The minimum Gasteiger partial charge on any atom is -0.409 e. The number of hydrogen-bond acceptors (Lipinski definition) is 6. The highest BCUT2D eigenvalue weighted by molar-refractivity contribution is 6.31. The Hall–Kier alpha value is -3.12. The number of alkyl halides is 3. The first kappa shape index (κ1) is 23.1. The number of nitrogens with one attached hydrogen (secondary N) is 3. The van der Waals surface area contributed by atoms with E-state index in [1.165, 1.54) is 29.3 Å². The summed E-state index contributed by atoms with van der Waals surface area (Å²) in [5, 5.41) is 18.5. The van der Waals surface area contributed by atoms with Crippen molar-refractivity contribution in [3.05, 3.63) is 46.9 Å². The number of pyridine rings is 1. The molecule has 1 aliphatic heterocycles. The molecule has 1 unspecified atom stereocenters. The van der Waals surface area contributed by atoms with E-state index in [9.17, 15) is 22.8 Å². The average Bonchev–Trinajstić information content (AvgIpc) is 3.41. The van der Waals surface area contributed by atoms with E-state index in [1.807, 2.05) is 0 Å². The van der Waals surface area contributed by atoms with Gasteiger partial charge < -0.3 is 20.8 Å². The van der Waals surface area contributed by atoms with Gasteiger partial charge in [0, 0.05) is 30.5 Å². The van der Waals surface area contributed by atoms with Gasteiger partial charge in [-0.1, -0.05) is 16.8 Å². The van der Waals surface area contributed by atoms with E-state index in [0.717, 1.165) is 0 Å². The third-order valence-electron chi connectivity index (χ3n) is 5.36. The van der Waals surface area contributed by atoms with Crippen LogP contribution in [0.2, 0.25) is 5.02 Å². The number of benzene rings is 1. The highest BCUT2D eigenvalue weighted by Gasteiger charge is 2.45. The molecule has 4 N–H and O–H groups in total.